The second kappa shape index (κ2) is 11.3. The van der Waals surface area contributed by atoms with Crippen molar-refractivity contribution in [1.82, 2.24) is 4.57 Å². The van der Waals surface area contributed by atoms with Crippen molar-refractivity contribution < 1.29 is 34.4 Å². The molecule has 0 aliphatic heterocycles. The van der Waals surface area contributed by atoms with Gasteiger partial charge < -0.3 is 24.6 Å². The summed E-state index contributed by atoms with van der Waals surface area (Å²) in [6.45, 7) is 3.68. The van der Waals surface area contributed by atoms with Crippen LogP contribution in [0.5, 0.6) is 5.75 Å². The lowest BCUT2D eigenvalue weighted by molar-refractivity contribution is -0.141. The number of aromatic carboxylic acids is 1. The minimum atomic E-state index is -1.48. The molecule has 1 aromatic heterocycles. The highest BCUT2D eigenvalue weighted by atomic mass is 16.5. The van der Waals surface area contributed by atoms with Crippen LogP contribution in [0.25, 0.3) is 10.9 Å². The molecule has 3 N–H and O–H groups in total. The number of hydrogen-bond acceptors (Lipinski definition) is 6. The maximum absolute atomic E-state index is 12.8. The van der Waals surface area contributed by atoms with Crippen LogP contribution in [0.1, 0.15) is 68.9 Å². The molecule has 10 heteroatoms. The van der Waals surface area contributed by atoms with Crippen LogP contribution >= 0.6 is 0 Å². The number of ether oxygens (including phenoxy) is 1. The summed E-state index contributed by atoms with van der Waals surface area (Å²) >= 11 is 0. The number of carbonyl (C=O) groups is 3. The first-order valence-electron chi connectivity index (χ1n) is 10.7. The lowest BCUT2D eigenvalue weighted by Gasteiger charge is -2.21. The van der Waals surface area contributed by atoms with Crippen molar-refractivity contribution >= 4 is 28.8 Å². The van der Waals surface area contributed by atoms with Gasteiger partial charge in [-0.05, 0) is 31.0 Å². The first-order valence-corrected chi connectivity index (χ1v) is 10.7. The predicted molar refractivity (Wildman–Crippen MR) is 119 cm³/mol. The van der Waals surface area contributed by atoms with E-state index in [1.54, 1.807) is 0 Å². The van der Waals surface area contributed by atoms with E-state index in [9.17, 15) is 34.2 Å². The number of rotatable bonds is 12. The normalized spacial score (nSPS) is 12.8. The van der Waals surface area contributed by atoms with Crippen molar-refractivity contribution in [3.05, 3.63) is 50.4 Å². The number of nitrogens with zero attached hydrogens (tertiary/aromatic N) is 1. The molecule has 0 radical (unpaired) electrons. The van der Waals surface area contributed by atoms with Gasteiger partial charge in [0, 0.05) is 11.5 Å². The Labute approximate surface area is 189 Å². The minimum Gasteiger partial charge on any atom is -0.486 e. The van der Waals surface area contributed by atoms with Gasteiger partial charge in [-0.1, -0.05) is 33.1 Å². The molecular weight excluding hydrogens is 434 g/mol. The number of pyridine rings is 1. The van der Waals surface area contributed by atoms with Gasteiger partial charge in [0.05, 0.1) is 11.9 Å². The number of fused-ring (bicyclic) bond motifs is 1. The third-order valence-corrected chi connectivity index (χ3v) is 5.19. The third kappa shape index (κ3) is 6.18. The molecule has 2 unspecified atom stereocenters. The Bertz CT molecular complexity index is 1170. The van der Waals surface area contributed by atoms with Crippen molar-refractivity contribution in [1.29, 1.82) is 0 Å². The standard InChI is InChI=1S/C23H27NO9/c1-3-5-7-16(22(29)30)24-15-8-9-18(25)20(33-13(6-4-2)10-21(27)28)11-14(15)19(26)12-17(24)23(31)32/h8-9,11-13,16H,3-7,10H2,1-2H3,(H,27,28)(H,29,30)(H,31,32). The number of aromatic nitrogens is 1. The Morgan fingerprint density at radius 2 is 1.67 bits per heavy atom. The van der Waals surface area contributed by atoms with Crippen LogP contribution in [0, 0.1) is 0 Å². The highest BCUT2D eigenvalue weighted by Crippen LogP contribution is 2.25. The number of aliphatic carboxylic acids is 2. The van der Waals surface area contributed by atoms with Gasteiger partial charge in [0.25, 0.3) is 0 Å². The molecule has 0 saturated heterocycles. The minimum absolute atomic E-state index is 0.0411. The lowest BCUT2D eigenvalue weighted by Crippen LogP contribution is -2.26. The van der Waals surface area contributed by atoms with E-state index in [0.717, 1.165) is 22.8 Å². The lowest BCUT2D eigenvalue weighted by atomic mass is 10.1. The maximum atomic E-state index is 12.8. The van der Waals surface area contributed by atoms with Crippen LogP contribution in [0.4, 0.5) is 0 Å². The number of hydrogen-bond donors (Lipinski definition) is 3. The zero-order valence-electron chi connectivity index (χ0n) is 18.4. The third-order valence-electron chi connectivity index (χ3n) is 5.19. The van der Waals surface area contributed by atoms with E-state index in [1.165, 1.54) is 6.07 Å². The zero-order valence-corrected chi connectivity index (χ0v) is 18.4. The average Bonchev–Trinajstić information content (AvgIpc) is 2.88. The van der Waals surface area contributed by atoms with Crippen LogP contribution in [0.3, 0.4) is 0 Å². The van der Waals surface area contributed by atoms with Crippen LogP contribution in [-0.2, 0) is 9.59 Å². The van der Waals surface area contributed by atoms with Gasteiger partial charge in [0.2, 0.25) is 5.43 Å². The second-order valence-corrected chi connectivity index (χ2v) is 7.70. The van der Waals surface area contributed by atoms with Crippen LogP contribution in [0.2, 0.25) is 0 Å². The molecule has 0 spiro atoms. The Hall–Kier alpha value is -3.69. The summed E-state index contributed by atoms with van der Waals surface area (Å²) in [5.74, 6) is -4.13. The quantitative estimate of drug-likeness (QED) is 0.432. The van der Waals surface area contributed by atoms with E-state index in [0.29, 0.717) is 25.7 Å². The summed E-state index contributed by atoms with van der Waals surface area (Å²) in [5.41, 5.74) is -1.93. The Morgan fingerprint density at radius 3 is 2.21 bits per heavy atom. The number of carboxylic acid groups (broad SMARTS) is 3. The topological polar surface area (TPSA) is 160 Å². The Morgan fingerprint density at radius 1 is 0.970 bits per heavy atom. The van der Waals surface area contributed by atoms with Crippen molar-refractivity contribution in [2.24, 2.45) is 0 Å². The summed E-state index contributed by atoms with van der Waals surface area (Å²) in [6, 6.07) is 2.93. The first kappa shape index (κ1) is 25.6. The molecule has 0 aliphatic carbocycles. The van der Waals surface area contributed by atoms with Gasteiger partial charge >= 0.3 is 17.9 Å². The molecule has 0 aliphatic rings. The van der Waals surface area contributed by atoms with E-state index in [4.69, 9.17) is 9.84 Å². The van der Waals surface area contributed by atoms with Crippen LogP contribution in [-0.4, -0.2) is 43.9 Å². The SMILES string of the molecule is CCCCC(C(=O)O)n1c(C(=O)O)cc(=O)c2cc(OC(CCC)CC(=O)O)c(=O)ccc21. The second-order valence-electron chi connectivity index (χ2n) is 7.70. The van der Waals surface area contributed by atoms with Crippen molar-refractivity contribution in [3.63, 3.8) is 0 Å². The van der Waals surface area contributed by atoms with Crippen molar-refractivity contribution in [2.45, 2.75) is 64.5 Å². The molecule has 0 amide bonds. The highest BCUT2D eigenvalue weighted by Gasteiger charge is 2.26. The summed E-state index contributed by atoms with van der Waals surface area (Å²) in [4.78, 5) is 60.4. The monoisotopic (exact) mass is 461 g/mol. The molecule has 1 heterocycles. The Kier molecular flexibility index (Phi) is 8.72. The molecule has 10 nitrogen and oxygen atoms in total. The van der Waals surface area contributed by atoms with Gasteiger partial charge in [-0.3, -0.25) is 14.4 Å². The van der Waals surface area contributed by atoms with Gasteiger partial charge in [0.1, 0.15) is 17.8 Å². The highest BCUT2D eigenvalue weighted by molar-refractivity contribution is 5.92. The molecule has 0 fully saturated rings. The van der Waals surface area contributed by atoms with Crippen LogP contribution < -0.4 is 15.6 Å². The fourth-order valence-electron chi connectivity index (χ4n) is 3.66. The summed E-state index contributed by atoms with van der Waals surface area (Å²) in [5, 5.41) is 28.4. The van der Waals surface area contributed by atoms with Gasteiger partial charge in [-0.2, -0.15) is 0 Å². The average molecular weight is 461 g/mol. The van der Waals surface area contributed by atoms with E-state index in [2.05, 4.69) is 0 Å². The maximum Gasteiger partial charge on any atom is 0.352 e. The van der Waals surface area contributed by atoms with E-state index >= 15 is 0 Å². The Balaban J connectivity index is 2.82. The first-order chi connectivity index (χ1) is 15.6. The predicted octanol–water partition coefficient (Wildman–Crippen LogP) is 2.90. The fraction of sp³-hybridized carbons (Fsp3) is 0.435. The summed E-state index contributed by atoms with van der Waals surface area (Å²) in [7, 11) is 0. The zero-order chi connectivity index (χ0) is 24.7. The molecule has 1 aromatic carbocycles. The molecular formula is C23H27NO9. The molecule has 2 aromatic rings. The van der Waals surface area contributed by atoms with Crippen molar-refractivity contribution in [3.8, 4) is 5.75 Å². The fourth-order valence-corrected chi connectivity index (χ4v) is 3.66. The van der Waals surface area contributed by atoms with Gasteiger partial charge in [0.15, 0.2) is 11.2 Å². The van der Waals surface area contributed by atoms with Crippen LogP contribution in [0.15, 0.2) is 33.9 Å². The van der Waals surface area contributed by atoms with E-state index in [1.807, 2.05) is 13.8 Å². The molecule has 0 saturated carbocycles. The smallest absolute Gasteiger partial charge is 0.352 e. The summed E-state index contributed by atoms with van der Waals surface area (Å²) < 4.78 is 6.68. The number of carboxylic acids is 3. The van der Waals surface area contributed by atoms with Crippen molar-refractivity contribution in [2.75, 3.05) is 0 Å². The van der Waals surface area contributed by atoms with Gasteiger partial charge in [-0.15, -0.1) is 0 Å². The van der Waals surface area contributed by atoms with E-state index < -0.39 is 46.6 Å². The molecule has 2 atom stereocenters. The molecule has 0 bridgehead atoms. The summed E-state index contributed by atoms with van der Waals surface area (Å²) in [6.07, 6.45) is 1.07. The van der Waals surface area contributed by atoms with E-state index in [-0.39, 0.29) is 29.5 Å². The number of unbranched alkanes of at least 4 members (excludes halogenated alkanes) is 1. The molecule has 178 valence electrons. The van der Waals surface area contributed by atoms with Gasteiger partial charge in [-0.25, -0.2) is 9.59 Å². The molecule has 33 heavy (non-hydrogen) atoms. The largest absolute Gasteiger partial charge is 0.486 e. The molecule has 2 rings (SSSR count).